The fourth-order valence-corrected chi connectivity index (χ4v) is 6.28. The maximum atomic E-state index is 14.8. The summed E-state index contributed by atoms with van der Waals surface area (Å²) in [4.78, 5) is 21.6. The molecule has 0 bridgehead atoms. The Labute approximate surface area is 262 Å². The highest BCUT2D eigenvalue weighted by Crippen LogP contribution is 2.43. The first-order valence-electron chi connectivity index (χ1n) is 14.8. The molecule has 0 radical (unpaired) electrons. The second-order valence-electron chi connectivity index (χ2n) is 12.1. The number of aryl methyl sites for hydroxylation is 2. The first kappa shape index (κ1) is 31.3. The minimum atomic E-state index is -4.86. The quantitative estimate of drug-likeness (QED) is 0.228. The second kappa shape index (κ2) is 11.9. The highest BCUT2D eigenvalue weighted by atomic mass is 19.4. The normalized spacial score (nSPS) is 18.6. The van der Waals surface area contributed by atoms with E-state index < -0.39 is 24.3 Å². The van der Waals surface area contributed by atoms with Crippen molar-refractivity contribution in [3.63, 3.8) is 0 Å². The van der Waals surface area contributed by atoms with Crippen LogP contribution < -0.4 is 20.7 Å². The molecule has 2 atom stereocenters. The summed E-state index contributed by atoms with van der Waals surface area (Å²) >= 11 is 0. The number of piperidine rings is 1. The summed E-state index contributed by atoms with van der Waals surface area (Å²) in [6.07, 6.45) is -3.87. The Kier molecular flexibility index (Phi) is 8.09. The molecule has 4 aromatic rings. The first-order chi connectivity index (χ1) is 21.8. The number of aromatic nitrogens is 4. The van der Waals surface area contributed by atoms with Crippen molar-refractivity contribution >= 4 is 17.7 Å². The Balaban J connectivity index is 1.31. The Hall–Kier alpha value is -4.72. The molecule has 6 rings (SSSR count). The lowest BCUT2D eigenvalue weighted by Gasteiger charge is -2.39. The maximum absolute atomic E-state index is 14.8. The molecule has 4 N–H and O–H groups in total. The van der Waals surface area contributed by atoms with Gasteiger partial charge in [0.05, 0.1) is 11.4 Å². The molecule has 0 amide bonds. The molecule has 2 saturated heterocycles. The lowest BCUT2D eigenvalue weighted by molar-refractivity contribution is -0.198. The van der Waals surface area contributed by atoms with E-state index in [1.807, 2.05) is 4.90 Å². The number of benzene rings is 2. The van der Waals surface area contributed by atoms with E-state index >= 15 is 0 Å². The number of ether oxygens (including phenoxy) is 1. The van der Waals surface area contributed by atoms with Crippen molar-refractivity contribution in [1.82, 2.24) is 25.1 Å². The van der Waals surface area contributed by atoms with Gasteiger partial charge in [0.2, 0.25) is 17.9 Å². The van der Waals surface area contributed by atoms with Gasteiger partial charge in [-0.05, 0) is 79.5 Å². The first-order valence-corrected chi connectivity index (χ1v) is 14.8. The zero-order valence-electron chi connectivity index (χ0n) is 25.2. The number of rotatable bonds is 7. The maximum Gasteiger partial charge on any atom is 0.429 e. The number of hydrogen-bond acceptors (Lipinski definition) is 8. The smallest absolute Gasteiger partial charge is 0.429 e. The number of nitrogens with zero attached hydrogens (tertiary/aromatic N) is 5. The average molecular weight is 640 g/mol. The van der Waals surface area contributed by atoms with Gasteiger partial charge in [-0.1, -0.05) is 18.2 Å². The van der Waals surface area contributed by atoms with Gasteiger partial charge in [0.1, 0.15) is 17.7 Å². The van der Waals surface area contributed by atoms with Crippen molar-refractivity contribution in [1.29, 1.82) is 0 Å². The van der Waals surface area contributed by atoms with Crippen molar-refractivity contribution in [2.75, 3.05) is 30.3 Å². The van der Waals surface area contributed by atoms with Gasteiger partial charge in [0.25, 0.3) is 0 Å². The lowest BCUT2D eigenvalue weighted by Crippen LogP contribution is -2.41. The third-order valence-corrected chi connectivity index (χ3v) is 8.82. The molecule has 1 spiro atoms. The Bertz CT molecular complexity index is 1770. The molecule has 46 heavy (non-hydrogen) atoms. The monoisotopic (exact) mass is 639 g/mol. The van der Waals surface area contributed by atoms with Crippen LogP contribution in [0.4, 0.5) is 29.3 Å². The van der Waals surface area contributed by atoms with Crippen molar-refractivity contribution in [3.05, 3.63) is 77.4 Å². The zero-order chi connectivity index (χ0) is 32.8. The fourth-order valence-electron chi connectivity index (χ4n) is 6.28. The average Bonchev–Trinajstić information content (AvgIpc) is 3.63. The largest absolute Gasteiger partial charge is 0.480 e. The number of nitrogens with one attached hydrogen (secondary N) is 1. The molecular weight excluding hydrogens is 606 g/mol. The van der Waals surface area contributed by atoms with Crippen LogP contribution in [0.25, 0.3) is 16.8 Å². The van der Waals surface area contributed by atoms with E-state index in [1.54, 1.807) is 44.3 Å². The summed E-state index contributed by atoms with van der Waals surface area (Å²) in [5.41, 5.74) is 7.91. The summed E-state index contributed by atoms with van der Waals surface area (Å²) in [6.45, 7) is 4.95. The van der Waals surface area contributed by atoms with E-state index in [0.717, 1.165) is 0 Å². The number of carbonyl (C=O) groups is 1. The Morgan fingerprint density at radius 1 is 1.09 bits per heavy atom. The minimum absolute atomic E-state index is 0.128. The molecule has 2 aliphatic heterocycles. The van der Waals surface area contributed by atoms with Crippen LogP contribution >= 0.6 is 0 Å². The van der Waals surface area contributed by atoms with Crippen LogP contribution in [-0.4, -0.2) is 62.7 Å². The van der Waals surface area contributed by atoms with E-state index in [-0.39, 0.29) is 34.3 Å². The van der Waals surface area contributed by atoms with Crippen LogP contribution in [0.2, 0.25) is 0 Å². The predicted octanol–water partition coefficient (Wildman–Crippen LogP) is 5.38. The van der Waals surface area contributed by atoms with E-state index in [9.17, 15) is 27.5 Å². The van der Waals surface area contributed by atoms with Gasteiger partial charge >= 0.3 is 12.1 Å². The van der Waals surface area contributed by atoms with E-state index in [2.05, 4.69) is 20.4 Å². The van der Waals surface area contributed by atoms with Gasteiger partial charge in [-0.2, -0.15) is 28.2 Å². The molecular formula is C32H33F4N7O3. The summed E-state index contributed by atoms with van der Waals surface area (Å²) in [5, 5.41) is 16.8. The third kappa shape index (κ3) is 6.34. The van der Waals surface area contributed by atoms with Gasteiger partial charge in [0.15, 0.2) is 0 Å². The number of hydrogen-bond donors (Lipinski definition) is 3. The van der Waals surface area contributed by atoms with Crippen LogP contribution in [0.5, 0.6) is 5.88 Å². The molecule has 14 heteroatoms. The standard InChI is InChI=1S/C32H33F4N7O3/c1-18-13-20(4-6-23(18)33)21-3-5-22(25(14-21)43-10-7-19(2)41-43)28(32(34,35)36)46-27-15-26(39-30(37)40-27)42-11-8-31(9-12-42)16-24(29(44)45)38-17-31/h3-7,10,13-15,24,28,38H,8-9,11-12,16-17H2,1-2H3,(H,44,45)(H2,37,39,40)/t24?,28-/m1/s1. The van der Waals surface area contributed by atoms with Crippen LogP contribution in [0.15, 0.2) is 54.7 Å². The molecule has 0 aliphatic carbocycles. The molecule has 2 aromatic heterocycles. The van der Waals surface area contributed by atoms with Crippen LogP contribution in [0.3, 0.4) is 0 Å². The van der Waals surface area contributed by atoms with Crippen LogP contribution in [-0.2, 0) is 4.79 Å². The van der Waals surface area contributed by atoms with E-state index in [4.69, 9.17) is 10.5 Å². The summed E-state index contributed by atoms with van der Waals surface area (Å²) in [5.74, 6) is -1.53. The summed E-state index contributed by atoms with van der Waals surface area (Å²) in [7, 11) is 0. The number of anilines is 2. The molecule has 2 aromatic carbocycles. The molecule has 1 unspecified atom stereocenters. The van der Waals surface area contributed by atoms with E-state index in [0.29, 0.717) is 67.1 Å². The number of carboxylic acids is 1. The second-order valence-corrected chi connectivity index (χ2v) is 12.1. The predicted molar refractivity (Wildman–Crippen MR) is 162 cm³/mol. The molecule has 2 fully saturated rings. The number of nitrogen functional groups attached to an aromatic ring is 1. The van der Waals surface area contributed by atoms with E-state index in [1.165, 1.54) is 28.9 Å². The third-order valence-electron chi connectivity index (χ3n) is 8.82. The van der Waals surface area contributed by atoms with Crippen molar-refractivity contribution in [2.24, 2.45) is 5.41 Å². The van der Waals surface area contributed by atoms with Crippen molar-refractivity contribution < 1.29 is 32.2 Å². The minimum Gasteiger partial charge on any atom is -0.480 e. The summed E-state index contributed by atoms with van der Waals surface area (Å²) < 4.78 is 65.3. The molecule has 10 nitrogen and oxygen atoms in total. The molecule has 242 valence electrons. The molecule has 2 aliphatic rings. The molecule has 4 heterocycles. The number of aliphatic carboxylic acids is 1. The fraction of sp³-hybridized carbons (Fsp3) is 0.375. The van der Waals surface area contributed by atoms with Crippen LogP contribution in [0, 0.1) is 25.1 Å². The lowest BCUT2D eigenvalue weighted by atomic mass is 9.76. The zero-order valence-corrected chi connectivity index (χ0v) is 25.2. The number of carboxylic acid groups (broad SMARTS) is 1. The van der Waals surface area contributed by atoms with Crippen molar-refractivity contribution in [2.45, 2.75) is 51.4 Å². The van der Waals surface area contributed by atoms with Gasteiger partial charge in [-0.15, -0.1) is 0 Å². The highest BCUT2D eigenvalue weighted by Gasteiger charge is 2.46. The van der Waals surface area contributed by atoms with Gasteiger partial charge in [-0.3, -0.25) is 4.79 Å². The summed E-state index contributed by atoms with van der Waals surface area (Å²) in [6, 6.07) is 11.3. The van der Waals surface area contributed by atoms with Crippen LogP contribution in [0.1, 0.15) is 42.2 Å². The Morgan fingerprint density at radius 3 is 2.43 bits per heavy atom. The topological polar surface area (TPSA) is 131 Å². The highest BCUT2D eigenvalue weighted by molar-refractivity contribution is 5.74. The SMILES string of the molecule is Cc1ccn(-c2cc(-c3ccc(F)c(C)c3)ccc2[C@@H](Oc2cc(N3CCC4(CC3)CNC(C(=O)O)C4)nc(N)n2)C(F)(F)F)n1. The number of nitrogens with two attached hydrogens (primary N) is 1. The number of halogens is 4. The van der Waals surface area contributed by atoms with Gasteiger partial charge in [0, 0.05) is 37.5 Å². The van der Waals surface area contributed by atoms with Gasteiger partial charge in [-0.25, -0.2) is 9.07 Å². The van der Waals surface area contributed by atoms with Gasteiger partial charge < -0.3 is 25.8 Å². The molecule has 0 saturated carbocycles. The van der Waals surface area contributed by atoms with Crippen molar-refractivity contribution in [3.8, 4) is 22.7 Å². The number of alkyl halides is 3. The Morgan fingerprint density at radius 2 is 1.80 bits per heavy atom.